The summed E-state index contributed by atoms with van der Waals surface area (Å²) in [6.07, 6.45) is 2.67. The molecule has 2 rings (SSSR count). The molecule has 0 saturated carbocycles. The number of hydrogen-bond donors (Lipinski definition) is 1. The van der Waals surface area contributed by atoms with Crippen molar-refractivity contribution in [3.8, 4) is 0 Å². The van der Waals surface area contributed by atoms with Crippen LogP contribution in [0.4, 0.5) is 5.69 Å². The van der Waals surface area contributed by atoms with Gasteiger partial charge in [-0.25, -0.2) is 0 Å². The Hall–Kier alpha value is -1.02. The van der Waals surface area contributed by atoms with Crippen molar-refractivity contribution in [1.29, 1.82) is 0 Å². The van der Waals surface area contributed by atoms with Crippen LogP contribution < -0.4 is 10.2 Å². The van der Waals surface area contributed by atoms with Gasteiger partial charge in [0.1, 0.15) is 0 Å². The third kappa shape index (κ3) is 3.26. The van der Waals surface area contributed by atoms with E-state index < -0.39 is 0 Å². The maximum absolute atomic E-state index is 3.64. The number of nitrogens with zero attached hydrogens (tertiary/aromatic N) is 1. The van der Waals surface area contributed by atoms with Crippen molar-refractivity contribution in [2.24, 2.45) is 5.92 Å². The number of rotatable bonds is 5. The predicted octanol–water partition coefficient (Wildman–Crippen LogP) is 3.42. The van der Waals surface area contributed by atoms with Crippen LogP contribution in [0.15, 0.2) is 24.3 Å². The lowest BCUT2D eigenvalue weighted by Crippen LogP contribution is -2.31. The molecule has 1 aromatic carbocycles. The fraction of sp³-hybridized carbons (Fsp3) is 0.625. The quantitative estimate of drug-likeness (QED) is 0.856. The zero-order valence-electron chi connectivity index (χ0n) is 11.9. The topological polar surface area (TPSA) is 15.3 Å². The van der Waals surface area contributed by atoms with Gasteiger partial charge < -0.3 is 10.2 Å². The van der Waals surface area contributed by atoms with Gasteiger partial charge in [0, 0.05) is 31.4 Å². The Morgan fingerprint density at radius 3 is 2.44 bits per heavy atom. The van der Waals surface area contributed by atoms with Gasteiger partial charge in [-0.15, -0.1) is 0 Å². The van der Waals surface area contributed by atoms with Crippen LogP contribution in [-0.4, -0.2) is 19.1 Å². The Morgan fingerprint density at radius 2 is 1.78 bits per heavy atom. The molecule has 0 bridgehead atoms. The van der Waals surface area contributed by atoms with Gasteiger partial charge in [0.2, 0.25) is 0 Å². The Bertz CT molecular complexity index is 367. The minimum Gasteiger partial charge on any atom is -0.371 e. The molecule has 1 saturated heterocycles. The standard InChI is InChI=1S/C16H26N2/c1-13(2)14(3)17-12-15-8-4-5-9-16(15)18-10-6-7-11-18/h4-5,8-9,13-14,17H,6-7,10-12H2,1-3H3. The van der Waals surface area contributed by atoms with Gasteiger partial charge in [-0.3, -0.25) is 0 Å². The van der Waals surface area contributed by atoms with E-state index in [0.717, 1.165) is 6.54 Å². The molecule has 1 aromatic rings. The van der Waals surface area contributed by atoms with E-state index in [0.29, 0.717) is 12.0 Å². The number of nitrogens with one attached hydrogen (secondary N) is 1. The highest BCUT2D eigenvalue weighted by Crippen LogP contribution is 2.24. The van der Waals surface area contributed by atoms with E-state index in [1.54, 1.807) is 0 Å². The second kappa shape index (κ2) is 6.24. The molecule has 1 atom stereocenters. The van der Waals surface area contributed by atoms with E-state index in [4.69, 9.17) is 0 Å². The first-order chi connectivity index (χ1) is 8.68. The molecule has 1 unspecified atom stereocenters. The number of para-hydroxylation sites is 1. The van der Waals surface area contributed by atoms with Crippen LogP contribution in [0.1, 0.15) is 39.2 Å². The average Bonchev–Trinajstić information content (AvgIpc) is 2.89. The molecule has 0 amide bonds. The molecule has 0 radical (unpaired) electrons. The Morgan fingerprint density at radius 1 is 1.11 bits per heavy atom. The fourth-order valence-corrected chi connectivity index (χ4v) is 2.43. The maximum atomic E-state index is 3.64. The minimum atomic E-state index is 0.566. The first-order valence-corrected chi connectivity index (χ1v) is 7.24. The molecule has 18 heavy (non-hydrogen) atoms. The normalized spacial score (nSPS) is 17.4. The molecule has 0 aliphatic carbocycles. The Labute approximate surface area is 111 Å². The van der Waals surface area contributed by atoms with Crippen molar-refractivity contribution in [2.75, 3.05) is 18.0 Å². The largest absolute Gasteiger partial charge is 0.371 e. The van der Waals surface area contributed by atoms with E-state index in [2.05, 4.69) is 55.3 Å². The zero-order chi connectivity index (χ0) is 13.0. The summed E-state index contributed by atoms with van der Waals surface area (Å²) in [5.41, 5.74) is 2.87. The van der Waals surface area contributed by atoms with Crippen molar-refractivity contribution >= 4 is 5.69 Å². The van der Waals surface area contributed by atoms with E-state index in [-0.39, 0.29) is 0 Å². The fourth-order valence-electron chi connectivity index (χ4n) is 2.43. The molecule has 2 nitrogen and oxygen atoms in total. The van der Waals surface area contributed by atoms with Crippen molar-refractivity contribution in [3.63, 3.8) is 0 Å². The van der Waals surface area contributed by atoms with E-state index in [1.165, 1.54) is 37.2 Å². The van der Waals surface area contributed by atoms with Gasteiger partial charge in [-0.2, -0.15) is 0 Å². The number of hydrogen-bond acceptors (Lipinski definition) is 2. The summed E-state index contributed by atoms with van der Waals surface area (Å²) in [6.45, 7) is 10.2. The third-order valence-electron chi connectivity index (χ3n) is 4.05. The van der Waals surface area contributed by atoms with Gasteiger partial charge in [-0.1, -0.05) is 32.0 Å². The van der Waals surface area contributed by atoms with Gasteiger partial charge in [0.15, 0.2) is 0 Å². The second-order valence-corrected chi connectivity index (χ2v) is 5.74. The predicted molar refractivity (Wildman–Crippen MR) is 79.0 cm³/mol. The van der Waals surface area contributed by atoms with Crippen molar-refractivity contribution < 1.29 is 0 Å². The summed E-state index contributed by atoms with van der Waals surface area (Å²) >= 11 is 0. The van der Waals surface area contributed by atoms with Crippen LogP contribution in [-0.2, 0) is 6.54 Å². The Kier molecular flexibility index (Phi) is 4.65. The highest BCUT2D eigenvalue weighted by Gasteiger charge is 2.15. The SMILES string of the molecule is CC(C)C(C)NCc1ccccc1N1CCCC1. The highest BCUT2D eigenvalue weighted by atomic mass is 15.1. The van der Waals surface area contributed by atoms with Crippen LogP contribution in [0.3, 0.4) is 0 Å². The summed E-state index contributed by atoms with van der Waals surface area (Å²) < 4.78 is 0. The lowest BCUT2D eigenvalue weighted by molar-refractivity contribution is 0.426. The summed E-state index contributed by atoms with van der Waals surface area (Å²) in [5, 5.41) is 3.64. The summed E-state index contributed by atoms with van der Waals surface area (Å²) in [6, 6.07) is 9.40. The third-order valence-corrected chi connectivity index (χ3v) is 4.05. The summed E-state index contributed by atoms with van der Waals surface area (Å²) in [4.78, 5) is 2.52. The zero-order valence-corrected chi connectivity index (χ0v) is 11.9. The molecular weight excluding hydrogens is 220 g/mol. The van der Waals surface area contributed by atoms with Crippen LogP contribution in [0.5, 0.6) is 0 Å². The second-order valence-electron chi connectivity index (χ2n) is 5.74. The average molecular weight is 246 g/mol. The first-order valence-electron chi connectivity index (χ1n) is 7.24. The molecule has 1 aliphatic heterocycles. The maximum Gasteiger partial charge on any atom is 0.0411 e. The molecular formula is C16H26N2. The molecule has 0 aromatic heterocycles. The smallest absolute Gasteiger partial charge is 0.0411 e. The summed E-state index contributed by atoms with van der Waals surface area (Å²) in [5.74, 6) is 0.684. The molecule has 1 heterocycles. The van der Waals surface area contributed by atoms with Crippen molar-refractivity contribution in [3.05, 3.63) is 29.8 Å². The molecule has 1 aliphatic rings. The van der Waals surface area contributed by atoms with Crippen LogP contribution in [0, 0.1) is 5.92 Å². The van der Waals surface area contributed by atoms with E-state index >= 15 is 0 Å². The highest BCUT2D eigenvalue weighted by molar-refractivity contribution is 5.54. The van der Waals surface area contributed by atoms with Crippen LogP contribution in [0.25, 0.3) is 0 Å². The number of benzene rings is 1. The van der Waals surface area contributed by atoms with Crippen LogP contribution in [0.2, 0.25) is 0 Å². The Balaban J connectivity index is 2.03. The van der Waals surface area contributed by atoms with Gasteiger partial charge >= 0.3 is 0 Å². The minimum absolute atomic E-state index is 0.566. The molecule has 0 spiro atoms. The van der Waals surface area contributed by atoms with E-state index in [1.807, 2.05) is 0 Å². The monoisotopic (exact) mass is 246 g/mol. The van der Waals surface area contributed by atoms with Gasteiger partial charge in [0.05, 0.1) is 0 Å². The molecule has 1 N–H and O–H groups in total. The van der Waals surface area contributed by atoms with Gasteiger partial charge in [-0.05, 0) is 37.3 Å². The number of anilines is 1. The first kappa shape index (κ1) is 13.4. The lowest BCUT2D eigenvalue weighted by atomic mass is 10.1. The molecule has 2 heteroatoms. The molecule has 100 valence electrons. The van der Waals surface area contributed by atoms with Crippen LogP contribution >= 0.6 is 0 Å². The van der Waals surface area contributed by atoms with Gasteiger partial charge in [0.25, 0.3) is 0 Å². The lowest BCUT2D eigenvalue weighted by Gasteiger charge is -2.23. The van der Waals surface area contributed by atoms with Crippen molar-refractivity contribution in [2.45, 2.75) is 46.2 Å². The molecule has 1 fully saturated rings. The van der Waals surface area contributed by atoms with E-state index in [9.17, 15) is 0 Å². The van der Waals surface area contributed by atoms with Crippen molar-refractivity contribution in [1.82, 2.24) is 5.32 Å². The summed E-state index contributed by atoms with van der Waals surface area (Å²) in [7, 11) is 0.